The van der Waals surface area contributed by atoms with Crippen LogP contribution in [0, 0.1) is 0 Å². The van der Waals surface area contributed by atoms with E-state index in [-0.39, 0.29) is 5.91 Å². The van der Waals surface area contributed by atoms with Crippen molar-refractivity contribution in [3.63, 3.8) is 0 Å². The molecule has 27 heavy (non-hydrogen) atoms. The standard InChI is InChI=1S/C21H22Cl2N2O2/c22-19-6-4-18(20(23)13-19)5-7-21(26)24-14-16-2-1-3-17(12-16)15-25-8-10-27-11-9-25/h1-7,12-13H,8-11,14-15H2,(H,24,26)/b7-5+. The molecule has 4 nitrogen and oxygen atoms in total. The molecule has 1 aliphatic heterocycles. The first-order valence-corrected chi connectivity index (χ1v) is 9.64. The predicted octanol–water partition coefficient (Wildman–Crippen LogP) is 4.16. The van der Waals surface area contributed by atoms with E-state index in [2.05, 4.69) is 22.3 Å². The van der Waals surface area contributed by atoms with Crippen LogP contribution in [0.1, 0.15) is 16.7 Å². The fourth-order valence-electron chi connectivity index (χ4n) is 2.91. The number of halogens is 2. The van der Waals surface area contributed by atoms with Crippen LogP contribution in [0.25, 0.3) is 6.08 Å². The Bertz CT molecular complexity index is 818. The number of morpholine rings is 1. The number of hydrogen-bond acceptors (Lipinski definition) is 3. The van der Waals surface area contributed by atoms with E-state index in [1.54, 1.807) is 24.3 Å². The zero-order valence-corrected chi connectivity index (χ0v) is 16.5. The summed E-state index contributed by atoms with van der Waals surface area (Å²) in [6.45, 7) is 4.88. The molecular weight excluding hydrogens is 383 g/mol. The first kappa shape index (κ1) is 19.9. The Balaban J connectivity index is 1.52. The van der Waals surface area contributed by atoms with E-state index < -0.39 is 0 Å². The lowest BCUT2D eigenvalue weighted by Gasteiger charge is -2.26. The van der Waals surface area contributed by atoms with Crippen molar-refractivity contribution in [2.75, 3.05) is 26.3 Å². The molecule has 1 amide bonds. The van der Waals surface area contributed by atoms with Crippen molar-refractivity contribution < 1.29 is 9.53 Å². The third kappa shape index (κ3) is 6.36. The van der Waals surface area contributed by atoms with Crippen LogP contribution < -0.4 is 5.32 Å². The zero-order valence-electron chi connectivity index (χ0n) is 15.0. The van der Waals surface area contributed by atoms with E-state index >= 15 is 0 Å². The minimum atomic E-state index is -0.167. The van der Waals surface area contributed by atoms with Gasteiger partial charge in [0.1, 0.15) is 0 Å². The average Bonchev–Trinajstić information content (AvgIpc) is 2.67. The number of amides is 1. The van der Waals surface area contributed by atoms with Crippen molar-refractivity contribution in [2.24, 2.45) is 0 Å². The Labute approximate surface area is 169 Å². The molecule has 1 aliphatic rings. The summed E-state index contributed by atoms with van der Waals surface area (Å²) in [5.41, 5.74) is 3.07. The van der Waals surface area contributed by atoms with Crippen molar-refractivity contribution in [3.05, 3.63) is 75.3 Å². The van der Waals surface area contributed by atoms with Crippen molar-refractivity contribution in [1.82, 2.24) is 10.2 Å². The maximum absolute atomic E-state index is 12.1. The van der Waals surface area contributed by atoms with Gasteiger partial charge < -0.3 is 10.1 Å². The second-order valence-electron chi connectivity index (χ2n) is 6.43. The summed E-state index contributed by atoms with van der Waals surface area (Å²) in [5.74, 6) is -0.167. The molecule has 0 bridgehead atoms. The highest BCUT2D eigenvalue weighted by molar-refractivity contribution is 6.35. The van der Waals surface area contributed by atoms with Gasteiger partial charge in [0.2, 0.25) is 5.91 Å². The minimum absolute atomic E-state index is 0.167. The van der Waals surface area contributed by atoms with E-state index in [0.29, 0.717) is 16.6 Å². The smallest absolute Gasteiger partial charge is 0.244 e. The van der Waals surface area contributed by atoms with Gasteiger partial charge in [-0.2, -0.15) is 0 Å². The van der Waals surface area contributed by atoms with Crippen LogP contribution in [-0.4, -0.2) is 37.1 Å². The maximum Gasteiger partial charge on any atom is 0.244 e. The van der Waals surface area contributed by atoms with Crippen LogP contribution in [0.4, 0.5) is 0 Å². The van der Waals surface area contributed by atoms with E-state index in [1.807, 2.05) is 12.1 Å². The minimum Gasteiger partial charge on any atom is -0.379 e. The van der Waals surface area contributed by atoms with E-state index in [0.717, 1.165) is 44.0 Å². The summed E-state index contributed by atoms with van der Waals surface area (Å²) in [6, 6.07) is 13.5. The van der Waals surface area contributed by atoms with Crippen LogP contribution in [0.3, 0.4) is 0 Å². The predicted molar refractivity (Wildman–Crippen MR) is 110 cm³/mol. The SMILES string of the molecule is O=C(/C=C/c1ccc(Cl)cc1Cl)NCc1cccc(CN2CCOCC2)c1. The summed E-state index contributed by atoms with van der Waals surface area (Å²) < 4.78 is 5.38. The lowest BCUT2D eigenvalue weighted by Crippen LogP contribution is -2.35. The summed E-state index contributed by atoms with van der Waals surface area (Å²) in [6.07, 6.45) is 3.16. The number of nitrogens with one attached hydrogen (secondary N) is 1. The van der Waals surface area contributed by atoms with Gasteiger partial charge in [-0.15, -0.1) is 0 Å². The monoisotopic (exact) mass is 404 g/mol. The van der Waals surface area contributed by atoms with Crippen LogP contribution in [0.15, 0.2) is 48.5 Å². The summed E-state index contributed by atoms with van der Waals surface area (Å²) >= 11 is 12.0. The molecule has 6 heteroatoms. The molecule has 142 valence electrons. The van der Waals surface area contributed by atoms with Gasteiger partial charge in [0.15, 0.2) is 0 Å². The van der Waals surface area contributed by atoms with Crippen LogP contribution >= 0.6 is 23.2 Å². The lowest BCUT2D eigenvalue weighted by atomic mass is 10.1. The van der Waals surface area contributed by atoms with Gasteiger partial charge in [-0.05, 0) is 34.9 Å². The Hall–Kier alpha value is -1.85. The summed E-state index contributed by atoms with van der Waals surface area (Å²) in [4.78, 5) is 14.5. The second kappa shape index (κ2) is 9.90. The Morgan fingerprint density at radius 2 is 1.89 bits per heavy atom. The fourth-order valence-corrected chi connectivity index (χ4v) is 3.38. The van der Waals surface area contributed by atoms with E-state index in [1.165, 1.54) is 11.6 Å². The van der Waals surface area contributed by atoms with Crippen LogP contribution in [-0.2, 0) is 22.6 Å². The van der Waals surface area contributed by atoms with Crippen molar-refractivity contribution in [3.8, 4) is 0 Å². The molecule has 3 rings (SSSR count). The molecule has 1 fully saturated rings. The van der Waals surface area contributed by atoms with Crippen molar-refractivity contribution >= 4 is 35.2 Å². The normalized spacial score (nSPS) is 15.2. The van der Waals surface area contributed by atoms with Crippen LogP contribution in [0.5, 0.6) is 0 Å². The molecule has 1 N–H and O–H groups in total. The summed E-state index contributed by atoms with van der Waals surface area (Å²) in [7, 11) is 0. The first-order chi connectivity index (χ1) is 13.1. The number of carbonyl (C=O) groups is 1. The molecule has 2 aromatic rings. The Morgan fingerprint density at radius 1 is 1.11 bits per heavy atom. The first-order valence-electron chi connectivity index (χ1n) is 8.89. The molecule has 1 saturated heterocycles. The number of rotatable bonds is 6. The number of carbonyl (C=O) groups excluding carboxylic acids is 1. The molecule has 0 atom stereocenters. The molecule has 0 saturated carbocycles. The van der Waals surface area contributed by atoms with Crippen molar-refractivity contribution in [2.45, 2.75) is 13.1 Å². The maximum atomic E-state index is 12.1. The Morgan fingerprint density at radius 3 is 2.67 bits per heavy atom. The van der Waals surface area contributed by atoms with Gasteiger partial charge in [0.25, 0.3) is 0 Å². The van der Waals surface area contributed by atoms with E-state index in [4.69, 9.17) is 27.9 Å². The molecule has 0 spiro atoms. The average molecular weight is 405 g/mol. The third-order valence-electron chi connectivity index (χ3n) is 4.34. The molecule has 0 aliphatic carbocycles. The zero-order chi connectivity index (χ0) is 19.1. The number of hydrogen-bond donors (Lipinski definition) is 1. The molecular formula is C21H22Cl2N2O2. The molecule has 2 aromatic carbocycles. The molecule has 0 aromatic heterocycles. The van der Waals surface area contributed by atoms with Gasteiger partial charge >= 0.3 is 0 Å². The Kier molecular flexibility index (Phi) is 7.30. The van der Waals surface area contributed by atoms with Crippen molar-refractivity contribution in [1.29, 1.82) is 0 Å². The number of nitrogens with zero attached hydrogens (tertiary/aromatic N) is 1. The topological polar surface area (TPSA) is 41.6 Å². The quantitative estimate of drug-likeness (QED) is 0.734. The molecule has 0 radical (unpaired) electrons. The highest BCUT2D eigenvalue weighted by atomic mass is 35.5. The fraction of sp³-hybridized carbons (Fsp3) is 0.286. The number of ether oxygens (including phenoxy) is 1. The lowest BCUT2D eigenvalue weighted by molar-refractivity contribution is -0.116. The van der Waals surface area contributed by atoms with Gasteiger partial charge in [-0.1, -0.05) is 53.5 Å². The van der Waals surface area contributed by atoms with Gasteiger partial charge in [0, 0.05) is 42.3 Å². The second-order valence-corrected chi connectivity index (χ2v) is 7.27. The number of benzene rings is 2. The largest absolute Gasteiger partial charge is 0.379 e. The highest BCUT2D eigenvalue weighted by Crippen LogP contribution is 2.21. The summed E-state index contributed by atoms with van der Waals surface area (Å²) in [5, 5.41) is 3.99. The molecule has 1 heterocycles. The van der Waals surface area contributed by atoms with Crippen LogP contribution in [0.2, 0.25) is 10.0 Å². The molecule has 0 unspecified atom stereocenters. The van der Waals surface area contributed by atoms with Gasteiger partial charge in [-0.25, -0.2) is 0 Å². The highest BCUT2D eigenvalue weighted by Gasteiger charge is 2.10. The van der Waals surface area contributed by atoms with Gasteiger partial charge in [-0.3, -0.25) is 9.69 Å². The third-order valence-corrected chi connectivity index (χ3v) is 4.91. The van der Waals surface area contributed by atoms with Gasteiger partial charge in [0.05, 0.1) is 13.2 Å². The van der Waals surface area contributed by atoms with E-state index in [9.17, 15) is 4.79 Å².